The first-order valence-electron chi connectivity index (χ1n) is 6.69. The Morgan fingerprint density at radius 3 is 2.78 bits per heavy atom. The van der Waals surface area contributed by atoms with E-state index in [1.807, 2.05) is 33.8 Å². The first-order chi connectivity index (χ1) is 8.31. The Labute approximate surface area is 109 Å². The van der Waals surface area contributed by atoms with E-state index < -0.39 is 11.7 Å². The van der Waals surface area contributed by atoms with Crippen LogP contribution in [0.25, 0.3) is 0 Å². The largest absolute Gasteiger partial charge is 0.390 e. The van der Waals surface area contributed by atoms with Crippen molar-refractivity contribution in [3.63, 3.8) is 0 Å². The number of hydrogen-bond acceptors (Lipinski definition) is 3. The molecule has 0 aromatic rings. The van der Waals surface area contributed by atoms with Gasteiger partial charge in [0.25, 0.3) is 0 Å². The average Bonchev–Trinajstić information content (AvgIpc) is 2.20. The molecule has 1 fully saturated rings. The van der Waals surface area contributed by atoms with Crippen molar-refractivity contribution in [2.24, 2.45) is 5.92 Å². The van der Waals surface area contributed by atoms with Gasteiger partial charge in [-0.1, -0.05) is 17.7 Å². The summed E-state index contributed by atoms with van der Waals surface area (Å²) in [6.07, 6.45) is 4.67. The molecule has 2 N–H and O–H groups in total. The fraction of sp³-hybridized carbons (Fsp3) is 0.733. The Bertz CT molecular complexity index is 377. The minimum absolute atomic E-state index is 0.0507. The summed E-state index contributed by atoms with van der Waals surface area (Å²) in [5, 5.41) is 20.9. The predicted molar refractivity (Wildman–Crippen MR) is 71.2 cm³/mol. The second-order valence-electron chi connectivity index (χ2n) is 6.17. The van der Waals surface area contributed by atoms with Crippen LogP contribution in [0.1, 0.15) is 40.5 Å². The molecule has 5 atom stereocenters. The number of rotatable bonds is 1. The molecule has 0 unspecified atom stereocenters. The maximum atomic E-state index is 10.6. The van der Waals surface area contributed by atoms with Crippen molar-refractivity contribution in [1.82, 2.24) is 0 Å². The summed E-state index contributed by atoms with van der Waals surface area (Å²) < 4.78 is 6.01. The molecule has 3 heteroatoms. The van der Waals surface area contributed by atoms with Crippen LogP contribution in [-0.4, -0.2) is 34.1 Å². The Hall–Kier alpha value is -0.640. The zero-order chi connectivity index (χ0) is 13.5. The lowest BCUT2D eigenvalue weighted by atomic mass is 9.70. The van der Waals surface area contributed by atoms with Gasteiger partial charge in [-0.25, -0.2) is 0 Å². The molecule has 0 bridgehead atoms. The lowest BCUT2D eigenvalue weighted by molar-refractivity contribution is -0.191. The second kappa shape index (κ2) is 4.80. The van der Waals surface area contributed by atoms with Crippen LogP contribution in [0.4, 0.5) is 0 Å². The SMILES string of the molecule is CC(C)=C[C@H]1C[C@@](C)(O)[C@@H]2[C@@H](CC=C(C)[C@@H]2O)O1. The number of allylic oxidation sites excluding steroid dienone is 1. The molecule has 0 saturated carbocycles. The molecule has 0 spiro atoms. The fourth-order valence-corrected chi connectivity index (χ4v) is 3.22. The molecule has 0 amide bonds. The van der Waals surface area contributed by atoms with Crippen LogP contribution < -0.4 is 0 Å². The number of aliphatic hydroxyl groups excluding tert-OH is 1. The average molecular weight is 252 g/mol. The Kier molecular flexibility index (Phi) is 3.67. The van der Waals surface area contributed by atoms with E-state index in [-0.39, 0.29) is 18.1 Å². The van der Waals surface area contributed by atoms with E-state index in [2.05, 4.69) is 6.08 Å². The lowest BCUT2D eigenvalue weighted by Crippen LogP contribution is -2.57. The molecule has 1 aliphatic heterocycles. The highest BCUT2D eigenvalue weighted by Crippen LogP contribution is 2.42. The normalized spacial score (nSPS) is 44.0. The van der Waals surface area contributed by atoms with E-state index in [0.29, 0.717) is 6.42 Å². The van der Waals surface area contributed by atoms with Crippen LogP contribution in [0.2, 0.25) is 0 Å². The van der Waals surface area contributed by atoms with Crippen molar-refractivity contribution in [2.45, 2.75) is 64.4 Å². The highest BCUT2D eigenvalue weighted by molar-refractivity contribution is 5.18. The van der Waals surface area contributed by atoms with Gasteiger partial charge in [0, 0.05) is 12.3 Å². The van der Waals surface area contributed by atoms with Crippen LogP contribution in [0.5, 0.6) is 0 Å². The van der Waals surface area contributed by atoms with Gasteiger partial charge in [-0.3, -0.25) is 0 Å². The molecule has 0 aromatic carbocycles. The zero-order valence-electron chi connectivity index (χ0n) is 11.7. The number of hydrogen-bond donors (Lipinski definition) is 2. The molecule has 0 aromatic heterocycles. The summed E-state index contributed by atoms with van der Waals surface area (Å²) in [5.41, 5.74) is 1.26. The fourth-order valence-electron chi connectivity index (χ4n) is 3.22. The predicted octanol–water partition coefficient (Wildman–Crippen LogP) is 2.19. The molecule has 102 valence electrons. The first-order valence-corrected chi connectivity index (χ1v) is 6.69. The maximum Gasteiger partial charge on any atom is 0.0828 e. The van der Waals surface area contributed by atoms with Crippen molar-refractivity contribution in [2.75, 3.05) is 0 Å². The topological polar surface area (TPSA) is 49.7 Å². The molecular weight excluding hydrogens is 228 g/mol. The van der Waals surface area contributed by atoms with Crippen LogP contribution in [0, 0.1) is 5.92 Å². The molecule has 1 aliphatic carbocycles. The molecule has 3 nitrogen and oxygen atoms in total. The molecule has 0 radical (unpaired) electrons. The highest BCUT2D eigenvalue weighted by Gasteiger charge is 2.49. The van der Waals surface area contributed by atoms with Crippen molar-refractivity contribution in [1.29, 1.82) is 0 Å². The summed E-state index contributed by atoms with van der Waals surface area (Å²) in [4.78, 5) is 0. The molecule has 1 saturated heterocycles. The van der Waals surface area contributed by atoms with Crippen LogP contribution >= 0.6 is 0 Å². The van der Waals surface area contributed by atoms with E-state index in [1.54, 1.807) is 0 Å². The second-order valence-corrected chi connectivity index (χ2v) is 6.17. The van der Waals surface area contributed by atoms with Crippen molar-refractivity contribution >= 4 is 0 Å². The number of ether oxygens (including phenoxy) is 1. The quantitative estimate of drug-likeness (QED) is 0.703. The summed E-state index contributed by atoms with van der Waals surface area (Å²) >= 11 is 0. The van der Waals surface area contributed by atoms with E-state index in [9.17, 15) is 10.2 Å². The van der Waals surface area contributed by atoms with Crippen LogP contribution in [0.15, 0.2) is 23.3 Å². The van der Waals surface area contributed by atoms with Gasteiger partial charge in [0.1, 0.15) is 0 Å². The van der Waals surface area contributed by atoms with Gasteiger partial charge in [0.15, 0.2) is 0 Å². The monoisotopic (exact) mass is 252 g/mol. The van der Waals surface area contributed by atoms with Gasteiger partial charge in [0.05, 0.1) is 23.9 Å². The molecule has 18 heavy (non-hydrogen) atoms. The van der Waals surface area contributed by atoms with Crippen molar-refractivity contribution in [3.05, 3.63) is 23.3 Å². The third-order valence-electron chi connectivity index (χ3n) is 4.08. The Morgan fingerprint density at radius 2 is 2.17 bits per heavy atom. The van der Waals surface area contributed by atoms with E-state index in [1.165, 1.54) is 5.57 Å². The summed E-state index contributed by atoms with van der Waals surface area (Å²) in [7, 11) is 0. The van der Waals surface area contributed by atoms with Gasteiger partial charge in [-0.2, -0.15) is 0 Å². The minimum Gasteiger partial charge on any atom is -0.390 e. The summed E-state index contributed by atoms with van der Waals surface area (Å²) in [5.74, 6) is -0.218. The third kappa shape index (κ3) is 2.53. The van der Waals surface area contributed by atoms with E-state index in [4.69, 9.17) is 4.74 Å². The van der Waals surface area contributed by atoms with Crippen molar-refractivity contribution in [3.8, 4) is 0 Å². The lowest BCUT2D eigenvalue weighted by Gasteiger charge is -2.49. The standard InChI is InChI=1S/C15H24O3/c1-9(2)7-11-8-15(4,17)13-12(18-11)6-5-10(3)14(13)16/h5,7,11-14,16-17H,6,8H2,1-4H3/t11-,12+,13+,14-,15+/m0/s1. The molecule has 2 aliphatic rings. The van der Waals surface area contributed by atoms with Gasteiger partial charge >= 0.3 is 0 Å². The molecule has 2 rings (SSSR count). The van der Waals surface area contributed by atoms with Gasteiger partial charge < -0.3 is 14.9 Å². The smallest absolute Gasteiger partial charge is 0.0828 e. The summed E-state index contributed by atoms with van der Waals surface area (Å²) in [6.45, 7) is 7.80. The zero-order valence-corrected chi connectivity index (χ0v) is 11.7. The highest BCUT2D eigenvalue weighted by atomic mass is 16.5. The molecular formula is C15H24O3. The van der Waals surface area contributed by atoms with Gasteiger partial charge in [-0.05, 0) is 39.7 Å². The van der Waals surface area contributed by atoms with E-state index in [0.717, 1.165) is 12.0 Å². The summed E-state index contributed by atoms with van der Waals surface area (Å²) in [6, 6.07) is 0. The van der Waals surface area contributed by atoms with E-state index >= 15 is 0 Å². The third-order valence-corrected chi connectivity index (χ3v) is 4.08. The van der Waals surface area contributed by atoms with Gasteiger partial charge in [0.2, 0.25) is 0 Å². The van der Waals surface area contributed by atoms with Crippen LogP contribution in [0.3, 0.4) is 0 Å². The van der Waals surface area contributed by atoms with Crippen molar-refractivity contribution < 1.29 is 14.9 Å². The number of fused-ring (bicyclic) bond motifs is 1. The van der Waals surface area contributed by atoms with Crippen LogP contribution in [-0.2, 0) is 4.74 Å². The Morgan fingerprint density at radius 1 is 1.50 bits per heavy atom. The maximum absolute atomic E-state index is 10.6. The minimum atomic E-state index is -0.880. The number of aliphatic hydroxyl groups is 2. The van der Waals surface area contributed by atoms with Gasteiger partial charge in [-0.15, -0.1) is 0 Å². The first kappa shape index (κ1) is 13.8. The Balaban J connectivity index is 2.25. The molecule has 1 heterocycles.